The Morgan fingerprint density at radius 1 is 1.12 bits per heavy atom. The molecule has 0 aliphatic heterocycles. The molecule has 0 unspecified atom stereocenters. The number of benzene rings is 1. The molecule has 0 radical (unpaired) electrons. The summed E-state index contributed by atoms with van der Waals surface area (Å²) in [5.41, 5.74) is 0.964. The number of ether oxygens (including phenoxy) is 1. The van der Waals surface area contributed by atoms with Crippen LogP contribution >= 0.6 is 0 Å². The third-order valence-electron chi connectivity index (χ3n) is 4.53. The van der Waals surface area contributed by atoms with Crippen LogP contribution in [-0.2, 0) is 16.1 Å². The molecule has 5 heteroatoms. The van der Waals surface area contributed by atoms with E-state index < -0.39 is 0 Å². The highest BCUT2D eigenvalue weighted by molar-refractivity contribution is 5.81. The predicted octanol–water partition coefficient (Wildman–Crippen LogP) is 2.42. The van der Waals surface area contributed by atoms with E-state index in [2.05, 4.69) is 17.2 Å². The number of hydrogen-bond acceptors (Lipinski definition) is 3. The molecule has 24 heavy (non-hydrogen) atoms. The van der Waals surface area contributed by atoms with Crippen molar-refractivity contribution in [3.8, 4) is 5.75 Å². The van der Waals surface area contributed by atoms with Gasteiger partial charge in [0.15, 0.2) is 0 Å². The molecule has 1 aromatic carbocycles. The normalized spacial score (nSPS) is 20.0. The summed E-state index contributed by atoms with van der Waals surface area (Å²) in [7, 11) is 1.62. The molecule has 1 saturated carbocycles. The van der Waals surface area contributed by atoms with Gasteiger partial charge in [-0.15, -0.1) is 6.58 Å². The van der Waals surface area contributed by atoms with Gasteiger partial charge in [0.25, 0.3) is 0 Å². The number of carbonyl (C=O) groups excluding carboxylic acids is 2. The minimum absolute atomic E-state index is 0.0110. The molecule has 130 valence electrons. The summed E-state index contributed by atoms with van der Waals surface area (Å²) in [6.45, 7) is 4.55. The van der Waals surface area contributed by atoms with Crippen molar-refractivity contribution < 1.29 is 14.3 Å². The summed E-state index contributed by atoms with van der Waals surface area (Å²) >= 11 is 0. The summed E-state index contributed by atoms with van der Waals surface area (Å²) in [5.74, 6) is 0.917. The highest BCUT2D eigenvalue weighted by Gasteiger charge is 2.29. The van der Waals surface area contributed by atoms with Gasteiger partial charge in [0.05, 0.1) is 7.11 Å². The summed E-state index contributed by atoms with van der Waals surface area (Å²) in [6.07, 6.45) is 4.70. The first-order valence-electron chi connectivity index (χ1n) is 8.44. The monoisotopic (exact) mass is 330 g/mol. The quantitative estimate of drug-likeness (QED) is 0.755. The maximum atomic E-state index is 12.4. The van der Waals surface area contributed by atoms with Gasteiger partial charge in [0.1, 0.15) is 5.75 Å². The van der Waals surface area contributed by atoms with Crippen LogP contribution in [0.5, 0.6) is 5.75 Å². The fourth-order valence-corrected chi connectivity index (χ4v) is 3.11. The van der Waals surface area contributed by atoms with Crippen molar-refractivity contribution >= 4 is 11.8 Å². The van der Waals surface area contributed by atoms with Crippen molar-refractivity contribution in [2.24, 2.45) is 11.8 Å². The zero-order valence-electron chi connectivity index (χ0n) is 14.2. The average Bonchev–Trinajstić information content (AvgIpc) is 2.64. The van der Waals surface area contributed by atoms with E-state index in [0.717, 1.165) is 37.0 Å². The van der Waals surface area contributed by atoms with E-state index in [4.69, 9.17) is 4.74 Å². The molecule has 2 rings (SSSR count). The zero-order valence-corrected chi connectivity index (χ0v) is 14.2. The summed E-state index contributed by atoms with van der Waals surface area (Å²) in [6, 6.07) is 7.66. The van der Waals surface area contributed by atoms with Gasteiger partial charge in [-0.05, 0) is 31.7 Å². The van der Waals surface area contributed by atoms with Crippen molar-refractivity contribution in [1.82, 2.24) is 10.6 Å². The Bertz CT molecular complexity index is 578. The van der Waals surface area contributed by atoms with E-state index in [0.29, 0.717) is 13.1 Å². The molecule has 0 atom stereocenters. The number of rotatable bonds is 7. The lowest BCUT2D eigenvalue weighted by Gasteiger charge is -2.27. The average molecular weight is 330 g/mol. The van der Waals surface area contributed by atoms with Crippen LogP contribution in [0, 0.1) is 11.8 Å². The Balaban J connectivity index is 1.78. The van der Waals surface area contributed by atoms with Gasteiger partial charge in [-0.25, -0.2) is 0 Å². The van der Waals surface area contributed by atoms with Gasteiger partial charge >= 0.3 is 0 Å². The molecule has 1 aliphatic carbocycles. The van der Waals surface area contributed by atoms with Crippen LogP contribution in [0.1, 0.15) is 31.2 Å². The van der Waals surface area contributed by atoms with E-state index in [9.17, 15) is 9.59 Å². The molecule has 5 nitrogen and oxygen atoms in total. The first kappa shape index (κ1) is 18.0. The molecule has 0 saturated heterocycles. The largest absolute Gasteiger partial charge is 0.496 e. The smallest absolute Gasteiger partial charge is 0.223 e. The second-order valence-electron chi connectivity index (χ2n) is 6.11. The first-order valence-corrected chi connectivity index (χ1v) is 8.44. The Kier molecular flexibility index (Phi) is 6.85. The third-order valence-corrected chi connectivity index (χ3v) is 4.53. The van der Waals surface area contributed by atoms with Crippen molar-refractivity contribution in [2.75, 3.05) is 13.7 Å². The van der Waals surface area contributed by atoms with Crippen LogP contribution in [0.4, 0.5) is 0 Å². The topological polar surface area (TPSA) is 67.4 Å². The number of methoxy groups -OCH3 is 1. The second kappa shape index (κ2) is 9.11. The molecule has 1 aliphatic rings. The van der Waals surface area contributed by atoms with Crippen LogP contribution in [-0.4, -0.2) is 25.5 Å². The highest BCUT2D eigenvalue weighted by Crippen LogP contribution is 2.29. The maximum absolute atomic E-state index is 12.4. The van der Waals surface area contributed by atoms with E-state index in [1.807, 2.05) is 24.3 Å². The highest BCUT2D eigenvalue weighted by atomic mass is 16.5. The van der Waals surface area contributed by atoms with Gasteiger partial charge in [-0.1, -0.05) is 24.3 Å². The Labute approximate surface area is 143 Å². The van der Waals surface area contributed by atoms with Crippen molar-refractivity contribution in [2.45, 2.75) is 32.2 Å². The molecule has 0 heterocycles. The third kappa shape index (κ3) is 4.85. The van der Waals surface area contributed by atoms with E-state index in [1.54, 1.807) is 13.2 Å². The molecule has 0 spiro atoms. The molecular formula is C19H26N2O3. The molecule has 2 amide bonds. The lowest BCUT2D eigenvalue weighted by Crippen LogP contribution is -2.37. The summed E-state index contributed by atoms with van der Waals surface area (Å²) in [4.78, 5) is 24.3. The second-order valence-corrected chi connectivity index (χ2v) is 6.11. The standard InChI is InChI=1S/C19H26N2O3/c1-3-12-20-18(22)14-8-10-15(11-9-14)19(23)21-13-16-6-4-5-7-17(16)24-2/h3-7,14-15H,1,8-13H2,2H3,(H,20,22)(H,21,23). The molecular weight excluding hydrogens is 304 g/mol. The van der Waals surface area contributed by atoms with Crippen molar-refractivity contribution in [3.63, 3.8) is 0 Å². The Morgan fingerprint density at radius 3 is 2.29 bits per heavy atom. The number of hydrogen-bond donors (Lipinski definition) is 2. The lowest BCUT2D eigenvalue weighted by molar-refractivity contribution is -0.130. The van der Waals surface area contributed by atoms with Gasteiger partial charge < -0.3 is 15.4 Å². The van der Waals surface area contributed by atoms with Crippen LogP contribution < -0.4 is 15.4 Å². The SMILES string of the molecule is C=CCNC(=O)C1CCC(C(=O)NCc2ccccc2OC)CC1. The molecule has 1 aromatic rings. The van der Waals surface area contributed by atoms with Crippen LogP contribution in [0.2, 0.25) is 0 Å². The van der Waals surface area contributed by atoms with E-state index in [1.165, 1.54) is 0 Å². The number of amides is 2. The summed E-state index contributed by atoms with van der Waals surface area (Å²) < 4.78 is 5.29. The molecule has 2 N–H and O–H groups in total. The van der Waals surface area contributed by atoms with Crippen molar-refractivity contribution in [1.29, 1.82) is 0 Å². The minimum atomic E-state index is -0.0110. The minimum Gasteiger partial charge on any atom is -0.496 e. The van der Waals surface area contributed by atoms with Gasteiger partial charge in [0.2, 0.25) is 11.8 Å². The van der Waals surface area contributed by atoms with Crippen LogP contribution in [0.15, 0.2) is 36.9 Å². The Morgan fingerprint density at radius 2 is 1.71 bits per heavy atom. The fourth-order valence-electron chi connectivity index (χ4n) is 3.11. The number of nitrogens with one attached hydrogen (secondary N) is 2. The van der Waals surface area contributed by atoms with Gasteiger partial charge in [-0.3, -0.25) is 9.59 Å². The summed E-state index contributed by atoms with van der Waals surface area (Å²) in [5, 5.41) is 5.82. The van der Waals surface area contributed by atoms with E-state index >= 15 is 0 Å². The fraction of sp³-hybridized carbons (Fsp3) is 0.474. The van der Waals surface area contributed by atoms with Gasteiger partial charge in [0, 0.05) is 30.5 Å². The Hall–Kier alpha value is -2.30. The predicted molar refractivity (Wildman–Crippen MR) is 93.5 cm³/mol. The molecule has 0 aromatic heterocycles. The van der Waals surface area contributed by atoms with Crippen LogP contribution in [0.25, 0.3) is 0 Å². The zero-order chi connectivity index (χ0) is 17.4. The molecule has 0 bridgehead atoms. The molecule has 1 fully saturated rings. The van der Waals surface area contributed by atoms with Gasteiger partial charge in [-0.2, -0.15) is 0 Å². The lowest BCUT2D eigenvalue weighted by atomic mass is 9.81. The maximum Gasteiger partial charge on any atom is 0.223 e. The van der Waals surface area contributed by atoms with Crippen molar-refractivity contribution in [3.05, 3.63) is 42.5 Å². The number of para-hydroxylation sites is 1. The van der Waals surface area contributed by atoms with E-state index in [-0.39, 0.29) is 23.7 Å². The van der Waals surface area contributed by atoms with Crippen LogP contribution in [0.3, 0.4) is 0 Å². The first-order chi connectivity index (χ1) is 11.7. The number of carbonyl (C=O) groups is 2.